The molecule has 138 valence electrons. The number of amides is 1. The third kappa shape index (κ3) is 4.13. The summed E-state index contributed by atoms with van der Waals surface area (Å²) >= 11 is 1.47. The Morgan fingerprint density at radius 1 is 0.929 bits per heavy atom. The first kappa shape index (κ1) is 18.0. The van der Waals surface area contributed by atoms with Crippen molar-refractivity contribution >= 4 is 17.2 Å². The van der Waals surface area contributed by atoms with Crippen molar-refractivity contribution in [1.29, 1.82) is 0 Å². The molecule has 0 aliphatic carbocycles. The molecule has 0 radical (unpaired) electrons. The van der Waals surface area contributed by atoms with Gasteiger partial charge in [-0.2, -0.15) is 0 Å². The van der Waals surface area contributed by atoms with Crippen molar-refractivity contribution < 1.29 is 4.79 Å². The lowest BCUT2D eigenvalue weighted by molar-refractivity contribution is 0.0951. The molecule has 0 saturated heterocycles. The third-order valence-corrected chi connectivity index (χ3v) is 5.24. The highest BCUT2D eigenvalue weighted by Crippen LogP contribution is 2.23. The summed E-state index contributed by atoms with van der Waals surface area (Å²) in [4.78, 5) is 16.6. The number of pyridine rings is 1. The van der Waals surface area contributed by atoms with E-state index >= 15 is 0 Å². The smallest absolute Gasteiger partial charge is 0.251 e. The number of aromatic nitrogens is 3. The summed E-state index contributed by atoms with van der Waals surface area (Å²) in [7, 11) is 0. The average Bonchev–Trinajstić information content (AvgIpc) is 3.22. The summed E-state index contributed by atoms with van der Waals surface area (Å²) in [6.45, 7) is 2.29. The first-order chi connectivity index (χ1) is 13.7. The average molecular weight is 386 g/mol. The molecule has 0 saturated carbocycles. The van der Waals surface area contributed by atoms with Crippen LogP contribution in [0, 0.1) is 6.92 Å². The number of aryl methyl sites for hydroxylation is 1. The van der Waals surface area contributed by atoms with Crippen molar-refractivity contribution in [2.75, 3.05) is 0 Å². The van der Waals surface area contributed by atoms with Gasteiger partial charge in [-0.05, 0) is 42.3 Å². The predicted octanol–water partition coefficient (Wildman–Crippen LogP) is 4.51. The van der Waals surface area contributed by atoms with E-state index < -0.39 is 0 Å². The minimum Gasteiger partial charge on any atom is -0.345 e. The molecule has 0 aliphatic heterocycles. The fourth-order valence-electron chi connectivity index (χ4n) is 2.82. The van der Waals surface area contributed by atoms with E-state index in [1.807, 2.05) is 73.7 Å². The first-order valence-corrected chi connectivity index (χ1v) is 9.70. The van der Waals surface area contributed by atoms with E-state index in [9.17, 15) is 4.79 Å². The van der Waals surface area contributed by atoms with Crippen LogP contribution in [0.15, 0.2) is 72.9 Å². The van der Waals surface area contributed by atoms with Crippen LogP contribution in [0.2, 0.25) is 0 Å². The van der Waals surface area contributed by atoms with Gasteiger partial charge >= 0.3 is 0 Å². The van der Waals surface area contributed by atoms with E-state index in [0.29, 0.717) is 12.1 Å². The molecular weight excluding hydrogens is 368 g/mol. The van der Waals surface area contributed by atoms with Gasteiger partial charge in [0.1, 0.15) is 10.0 Å². The molecule has 0 unspecified atom stereocenters. The van der Waals surface area contributed by atoms with Crippen molar-refractivity contribution in [2.45, 2.75) is 13.5 Å². The summed E-state index contributed by atoms with van der Waals surface area (Å²) in [6, 6.07) is 21.5. The Labute approximate surface area is 167 Å². The molecule has 0 fully saturated rings. The number of benzene rings is 2. The van der Waals surface area contributed by atoms with Crippen molar-refractivity contribution in [1.82, 2.24) is 20.5 Å². The lowest BCUT2D eigenvalue weighted by Gasteiger charge is -2.05. The fraction of sp³-hybridized carbons (Fsp3) is 0.0909. The summed E-state index contributed by atoms with van der Waals surface area (Å²) in [5, 5.41) is 12.9. The van der Waals surface area contributed by atoms with Crippen molar-refractivity contribution in [3.05, 3.63) is 89.2 Å². The molecule has 4 rings (SSSR count). The largest absolute Gasteiger partial charge is 0.345 e. The predicted molar refractivity (Wildman–Crippen MR) is 111 cm³/mol. The maximum atomic E-state index is 12.4. The monoisotopic (exact) mass is 386 g/mol. The second-order valence-corrected chi connectivity index (χ2v) is 7.37. The molecule has 2 heterocycles. The number of carbonyl (C=O) groups is 1. The molecule has 2 aromatic heterocycles. The molecule has 1 N–H and O–H groups in total. The van der Waals surface area contributed by atoms with Crippen molar-refractivity contribution in [3.8, 4) is 21.7 Å². The maximum absolute atomic E-state index is 12.4. The van der Waals surface area contributed by atoms with Gasteiger partial charge in [-0.15, -0.1) is 10.2 Å². The lowest BCUT2D eigenvalue weighted by atomic mass is 10.0. The van der Waals surface area contributed by atoms with Crippen LogP contribution in [0.25, 0.3) is 21.7 Å². The van der Waals surface area contributed by atoms with E-state index in [4.69, 9.17) is 0 Å². The van der Waals surface area contributed by atoms with Crippen LogP contribution in [0.1, 0.15) is 21.1 Å². The Bertz CT molecular complexity index is 1090. The number of rotatable bonds is 5. The third-order valence-electron chi connectivity index (χ3n) is 4.26. The van der Waals surface area contributed by atoms with Gasteiger partial charge in [0.25, 0.3) is 5.91 Å². The molecule has 0 bridgehead atoms. The highest BCUT2D eigenvalue weighted by Gasteiger charge is 2.10. The summed E-state index contributed by atoms with van der Waals surface area (Å²) in [6.07, 6.45) is 1.76. The van der Waals surface area contributed by atoms with Crippen LogP contribution in [0.5, 0.6) is 0 Å². The van der Waals surface area contributed by atoms with Crippen LogP contribution in [-0.2, 0) is 6.54 Å². The zero-order valence-corrected chi connectivity index (χ0v) is 16.1. The lowest BCUT2D eigenvalue weighted by Crippen LogP contribution is -2.22. The molecule has 5 nitrogen and oxygen atoms in total. The Balaban J connectivity index is 1.39. The van der Waals surface area contributed by atoms with Crippen LogP contribution in [0.3, 0.4) is 0 Å². The minimum absolute atomic E-state index is 0.129. The molecular formula is C22H18N4OS. The first-order valence-electron chi connectivity index (χ1n) is 8.88. The van der Waals surface area contributed by atoms with Gasteiger partial charge in [-0.3, -0.25) is 9.78 Å². The Morgan fingerprint density at radius 3 is 2.43 bits per heavy atom. The van der Waals surface area contributed by atoms with Crippen LogP contribution < -0.4 is 5.32 Å². The normalized spacial score (nSPS) is 10.6. The summed E-state index contributed by atoms with van der Waals surface area (Å²) < 4.78 is 0. The van der Waals surface area contributed by atoms with Crippen LogP contribution in [-0.4, -0.2) is 21.1 Å². The molecule has 1 amide bonds. The van der Waals surface area contributed by atoms with E-state index in [1.165, 1.54) is 11.3 Å². The highest BCUT2D eigenvalue weighted by atomic mass is 32.1. The zero-order chi connectivity index (χ0) is 19.3. The van der Waals surface area contributed by atoms with E-state index in [1.54, 1.807) is 6.20 Å². The van der Waals surface area contributed by atoms with Crippen molar-refractivity contribution in [3.63, 3.8) is 0 Å². The topological polar surface area (TPSA) is 67.8 Å². The quantitative estimate of drug-likeness (QED) is 0.548. The van der Waals surface area contributed by atoms with Gasteiger partial charge in [0.2, 0.25) is 0 Å². The second-order valence-electron chi connectivity index (χ2n) is 6.31. The SMILES string of the molecule is Cc1cc(-c2nnc(CNC(=O)c3ccc(-c4ccccc4)cc3)s2)ccn1. The molecule has 0 aliphatic rings. The highest BCUT2D eigenvalue weighted by molar-refractivity contribution is 7.14. The van der Waals surface area contributed by atoms with Gasteiger partial charge in [0.05, 0.1) is 6.54 Å². The van der Waals surface area contributed by atoms with Crippen LogP contribution >= 0.6 is 11.3 Å². The zero-order valence-electron chi connectivity index (χ0n) is 15.3. The molecule has 6 heteroatoms. The molecule has 0 atom stereocenters. The minimum atomic E-state index is -0.129. The summed E-state index contributed by atoms with van der Waals surface area (Å²) in [5.74, 6) is -0.129. The molecule has 0 spiro atoms. The van der Waals surface area contributed by atoms with E-state index in [-0.39, 0.29) is 5.91 Å². The standard InChI is InChI=1S/C22H18N4OS/c1-15-13-19(11-12-23-15)22-26-25-20(28-22)14-24-21(27)18-9-7-17(8-10-18)16-5-3-2-4-6-16/h2-13H,14H2,1H3,(H,24,27). The number of nitrogens with one attached hydrogen (secondary N) is 1. The van der Waals surface area contributed by atoms with Gasteiger partial charge < -0.3 is 5.32 Å². The second kappa shape index (κ2) is 8.10. The van der Waals surface area contributed by atoms with Gasteiger partial charge in [-0.1, -0.05) is 53.8 Å². The molecule has 4 aromatic rings. The fourth-order valence-corrected chi connectivity index (χ4v) is 3.60. The molecule has 2 aromatic carbocycles. The van der Waals surface area contributed by atoms with E-state index in [2.05, 4.69) is 20.5 Å². The number of carbonyl (C=O) groups excluding carboxylic acids is 1. The van der Waals surface area contributed by atoms with Gasteiger partial charge in [0, 0.05) is 23.0 Å². The Morgan fingerprint density at radius 2 is 1.68 bits per heavy atom. The van der Waals surface area contributed by atoms with Crippen molar-refractivity contribution in [2.24, 2.45) is 0 Å². The number of hydrogen-bond acceptors (Lipinski definition) is 5. The Hall–Kier alpha value is -3.38. The van der Waals surface area contributed by atoms with Gasteiger partial charge in [0.15, 0.2) is 0 Å². The van der Waals surface area contributed by atoms with Gasteiger partial charge in [-0.25, -0.2) is 0 Å². The Kier molecular flexibility index (Phi) is 5.21. The number of hydrogen-bond donors (Lipinski definition) is 1. The number of nitrogens with zero attached hydrogens (tertiary/aromatic N) is 3. The van der Waals surface area contributed by atoms with E-state index in [0.717, 1.165) is 32.4 Å². The maximum Gasteiger partial charge on any atom is 0.251 e. The van der Waals surface area contributed by atoms with Crippen LogP contribution in [0.4, 0.5) is 0 Å². The molecule has 28 heavy (non-hydrogen) atoms. The summed E-state index contributed by atoms with van der Waals surface area (Å²) in [5.41, 5.74) is 4.75.